The second-order valence-electron chi connectivity index (χ2n) is 5.67. The fourth-order valence-electron chi connectivity index (χ4n) is 2.05. The standard InChI is InChI=1S/C17H18F2N2O5S/c1-10(2)26-15-7-4-11(8-16(15)25-3)17(22)20-21-27(23,24)12-5-6-13(18)14(19)9-12/h4-10,21H,1-3H3,(H,20,22). The first-order chi connectivity index (χ1) is 12.6. The van der Waals surface area contributed by atoms with Crippen molar-refractivity contribution < 1.29 is 31.5 Å². The third-order valence-corrected chi connectivity index (χ3v) is 4.53. The fraction of sp³-hybridized carbons (Fsp3) is 0.235. The van der Waals surface area contributed by atoms with E-state index in [1.807, 2.05) is 24.1 Å². The highest BCUT2D eigenvalue weighted by Gasteiger charge is 2.19. The number of nitrogens with one attached hydrogen (secondary N) is 2. The molecule has 146 valence electrons. The first kappa shape index (κ1) is 20.6. The fourth-order valence-corrected chi connectivity index (χ4v) is 2.90. The Morgan fingerprint density at radius 2 is 1.74 bits per heavy atom. The predicted octanol–water partition coefficient (Wildman–Crippen LogP) is 2.38. The third-order valence-electron chi connectivity index (χ3n) is 3.29. The van der Waals surface area contributed by atoms with E-state index >= 15 is 0 Å². The minimum atomic E-state index is -4.29. The molecular formula is C17H18F2N2O5S. The zero-order valence-electron chi connectivity index (χ0n) is 14.7. The molecule has 0 aliphatic heterocycles. The molecule has 0 aromatic heterocycles. The van der Waals surface area contributed by atoms with Crippen LogP contribution in [0.3, 0.4) is 0 Å². The first-order valence-corrected chi connectivity index (χ1v) is 9.24. The van der Waals surface area contributed by atoms with Crippen LogP contribution in [0.15, 0.2) is 41.3 Å². The number of carbonyl (C=O) groups excluding carboxylic acids is 1. The molecule has 0 fully saturated rings. The molecule has 0 atom stereocenters. The lowest BCUT2D eigenvalue weighted by Crippen LogP contribution is -2.41. The molecule has 0 bridgehead atoms. The Balaban J connectivity index is 2.13. The van der Waals surface area contributed by atoms with Crippen molar-refractivity contribution in [2.75, 3.05) is 7.11 Å². The van der Waals surface area contributed by atoms with Gasteiger partial charge in [0.05, 0.1) is 18.1 Å². The number of ether oxygens (including phenoxy) is 2. The number of hydrogen-bond donors (Lipinski definition) is 2. The zero-order chi connectivity index (χ0) is 20.2. The number of sulfonamides is 1. The summed E-state index contributed by atoms with van der Waals surface area (Å²) in [5, 5.41) is 0. The Morgan fingerprint density at radius 1 is 1.04 bits per heavy atom. The van der Waals surface area contributed by atoms with Crippen molar-refractivity contribution in [3.05, 3.63) is 53.6 Å². The van der Waals surface area contributed by atoms with E-state index in [0.29, 0.717) is 23.6 Å². The van der Waals surface area contributed by atoms with Gasteiger partial charge in [0.25, 0.3) is 15.9 Å². The van der Waals surface area contributed by atoms with Gasteiger partial charge in [-0.3, -0.25) is 10.2 Å². The molecule has 2 N–H and O–H groups in total. The lowest BCUT2D eigenvalue weighted by molar-refractivity contribution is 0.0944. The molecule has 10 heteroatoms. The van der Waals surface area contributed by atoms with E-state index in [-0.39, 0.29) is 11.7 Å². The van der Waals surface area contributed by atoms with Crippen LogP contribution < -0.4 is 19.7 Å². The number of amides is 1. The summed E-state index contributed by atoms with van der Waals surface area (Å²) < 4.78 is 61.0. The molecule has 7 nitrogen and oxygen atoms in total. The molecule has 0 spiro atoms. The predicted molar refractivity (Wildman–Crippen MR) is 92.9 cm³/mol. The molecule has 2 rings (SSSR count). The van der Waals surface area contributed by atoms with Gasteiger partial charge in [-0.05, 0) is 50.2 Å². The number of halogens is 2. The Morgan fingerprint density at radius 3 is 2.33 bits per heavy atom. The van der Waals surface area contributed by atoms with Crippen molar-refractivity contribution >= 4 is 15.9 Å². The lowest BCUT2D eigenvalue weighted by Gasteiger charge is -2.14. The highest BCUT2D eigenvalue weighted by molar-refractivity contribution is 7.89. The van der Waals surface area contributed by atoms with Crippen LogP contribution in [0.5, 0.6) is 11.5 Å². The summed E-state index contributed by atoms with van der Waals surface area (Å²) in [6.45, 7) is 3.65. The Bertz CT molecular complexity index is 948. The lowest BCUT2D eigenvalue weighted by atomic mass is 10.2. The van der Waals surface area contributed by atoms with Gasteiger partial charge in [-0.2, -0.15) is 0 Å². The van der Waals surface area contributed by atoms with Gasteiger partial charge >= 0.3 is 0 Å². The molecule has 2 aromatic carbocycles. The molecule has 0 heterocycles. The molecule has 0 unspecified atom stereocenters. The summed E-state index contributed by atoms with van der Waals surface area (Å²) in [6.07, 6.45) is -0.110. The number of carbonyl (C=O) groups is 1. The number of benzene rings is 2. The molecular weight excluding hydrogens is 382 g/mol. The van der Waals surface area contributed by atoms with Crippen molar-refractivity contribution in [2.24, 2.45) is 0 Å². The van der Waals surface area contributed by atoms with Crippen molar-refractivity contribution in [1.82, 2.24) is 10.3 Å². The summed E-state index contributed by atoms with van der Waals surface area (Å²) in [5.74, 6) is -2.58. The number of hydrogen-bond acceptors (Lipinski definition) is 5. The Kier molecular flexibility index (Phi) is 6.34. The van der Waals surface area contributed by atoms with E-state index in [1.54, 1.807) is 0 Å². The molecule has 0 aliphatic rings. The van der Waals surface area contributed by atoms with Crippen LogP contribution in [0.1, 0.15) is 24.2 Å². The normalized spacial score (nSPS) is 11.3. The first-order valence-electron chi connectivity index (χ1n) is 7.76. The van der Waals surface area contributed by atoms with E-state index in [1.165, 1.54) is 25.3 Å². The maximum absolute atomic E-state index is 13.2. The van der Waals surface area contributed by atoms with Crippen LogP contribution in [-0.4, -0.2) is 27.5 Å². The second kappa shape index (κ2) is 8.31. The largest absolute Gasteiger partial charge is 0.493 e. The van der Waals surface area contributed by atoms with Crippen molar-refractivity contribution in [1.29, 1.82) is 0 Å². The zero-order valence-corrected chi connectivity index (χ0v) is 15.6. The van der Waals surface area contributed by atoms with Gasteiger partial charge < -0.3 is 9.47 Å². The van der Waals surface area contributed by atoms with Gasteiger partial charge in [0.1, 0.15) is 0 Å². The van der Waals surface area contributed by atoms with Crippen LogP contribution in [0.25, 0.3) is 0 Å². The van der Waals surface area contributed by atoms with Crippen LogP contribution in [0, 0.1) is 11.6 Å². The maximum Gasteiger partial charge on any atom is 0.266 e. The van der Waals surface area contributed by atoms with Crippen molar-refractivity contribution in [2.45, 2.75) is 24.8 Å². The van der Waals surface area contributed by atoms with Crippen LogP contribution >= 0.6 is 0 Å². The van der Waals surface area contributed by atoms with Crippen LogP contribution in [0.2, 0.25) is 0 Å². The van der Waals surface area contributed by atoms with E-state index in [9.17, 15) is 22.0 Å². The van der Waals surface area contributed by atoms with Gasteiger partial charge in [-0.1, -0.05) is 0 Å². The molecule has 0 saturated carbocycles. The Labute approximate surface area is 155 Å². The van der Waals surface area contributed by atoms with Gasteiger partial charge in [0.2, 0.25) is 0 Å². The van der Waals surface area contributed by atoms with E-state index in [0.717, 1.165) is 6.07 Å². The molecule has 0 saturated heterocycles. The number of hydrazine groups is 1. The van der Waals surface area contributed by atoms with Gasteiger partial charge in [0, 0.05) is 5.56 Å². The average Bonchev–Trinajstić information content (AvgIpc) is 2.61. The smallest absolute Gasteiger partial charge is 0.266 e. The highest BCUT2D eigenvalue weighted by Crippen LogP contribution is 2.28. The van der Waals surface area contributed by atoms with Crippen LogP contribution in [-0.2, 0) is 10.0 Å². The average molecular weight is 400 g/mol. The van der Waals surface area contributed by atoms with Crippen molar-refractivity contribution in [3.63, 3.8) is 0 Å². The summed E-state index contributed by atoms with van der Waals surface area (Å²) in [5.41, 5.74) is 2.09. The van der Waals surface area contributed by atoms with Crippen molar-refractivity contribution in [3.8, 4) is 11.5 Å². The van der Waals surface area contributed by atoms with Gasteiger partial charge in [0.15, 0.2) is 23.1 Å². The molecule has 1 amide bonds. The SMILES string of the molecule is COc1cc(C(=O)NNS(=O)(=O)c2ccc(F)c(F)c2)ccc1OC(C)C. The summed E-state index contributed by atoms with van der Waals surface area (Å²) in [7, 11) is -2.89. The molecule has 2 aromatic rings. The maximum atomic E-state index is 13.2. The minimum Gasteiger partial charge on any atom is -0.493 e. The quantitative estimate of drug-likeness (QED) is 0.696. The number of rotatable bonds is 7. The Hall–Kier alpha value is -2.72. The topological polar surface area (TPSA) is 93.7 Å². The molecule has 0 aliphatic carbocycles. The van der Waals surface area contributed by atoms with Gasteiger partial charge in [-0.15, -0.1) is 4.83 Å². The highest BCUT2D eigenvalue weighted by atomic mass is 32.2. The molecule has 27 heavy (non-hydrogen) atoms. The minimum absolute atomic E-state index is 0.0935. The van der Waals surface area contributed by atoms with Gasteiger partial charge in [-0.25, -0.2) is 17.2 Å². The molecule has 0 radical (unpaired) electrons. The summed E-state index contributed by atoms with van der Waals surface area (Å²) in [6, 6.07) is 6.35. The van der Waals surface area contributed by atoms with E-state index < -0.39 is 32.5 Å². The third kappa shape index (κ3) is 5.14. The second-order valence-corrected chi connectivity index (χ2v) is 7.35. The van der Waals surface area contributed by atoms with Crippen LogP contribution in [0.4, 0.5) is 8.78 Å². The van der Waals surface area contributed by atoms with E-state index in [2.05, 4.69) is 0 Å². The summed E-state index contributed by atoms with van der Waals surface area (Å²) in [4.78, 5) is 13.5. The van der Waals surface area contributed by atoms with E-state index in [4.69, 9.17) is 9.47 Å². The summed E-state index contributed by atoms with van der Waals surface area (Å²) >= 11 is 0. The monoisotopic (exact) mass is 400 g/mol. The number of methoxy groups -OCH3 is 1.